The van der Waals surface area contributed by atoms with Gasteiger partial charge in [-0.3, -0.25) is 4.90 Å². The van der Waals surface area contributed by atoms with Crippen molar-refractivity contribution in [1.82, 2.24) is 14.9 Å². The monoisotopic (exact) mass is 293 g/mol. The second-order valence-electron chi connectivity index (χ2n) is 5.27. The first-order valence-corrected chi connectivity index (χ1v) is 8.63. The van der Waals surface area contributed by atoms with Crippen molar-refractivity contribution in [1.29, 1.82) is 0 Å². The molecule has 0 aliphatic carbocycles. The molecule has 0 bridgehead atoms. The lowest BCUT2D eigenvalue weighted by Gasteiger charge is -2.26. The van der Waals surface area contributed by atoms with Crippen molar-refractivity contribution in [2.75, 3.05) is 58.2 Å². The molecule has 1 aliphatic rings. The highest BCUT2D eigenvalue weighted by Gasteiger charge is 2.14. The quantitative estimate of drug-likeness (QED) is 0.560. The third kappa shape index (κ3) is 8.54. The first-order valence-electron chi connectivity index (χ1n) is 6.98. The van der Waals surface area contributed by atoms with E-state index in [1.165, 1.54) is 0 Å². The van der Waals surface area contributed by atoms with E-state index in [-0.39, 0.29) is 5.75 Å². The van der Waals surface area contributed by atoms with Gasteiger partial charge >= 0.3 is 0 Å². The van der Waals surface area contributed by atoms with Gasteiger partial charge in [0.15, 0.2) is 0 Å². The van der Waals surface area contributed by atoms with Gasteiger partial charge < -0.3 is 10.1 Å². The van der Waals surface area contributed by atoms with Gasteiger partial charge in [-0.15, -0.1) is 0 Å². The molecule has 0 aromatic carbocycles. The summed E-state index contributed by atoms with van der Waals surface area (Å²) in [6.07, 6.45) is 0. The molecule has 0 atom stereocenters. The maximum Gasteiger partial charge on any atom is 0.212 e. The molecule has 0 radical (unpaired) electrons. The summed E-state index contributed by atoms with van der Waals surface area (Å²) >= 11 is 0. The van der Waals surface area contributed by atoms with Crippen LogP contribution in [0.2, 0.25) is 0 Å². The molecule has 0 saturated carbocycles. The van der Waals surface area contributed by atoms with Crippen molar-refractivity contribution in [2.45, 2.75) is 13.8 Å². The molecule has 114 valence electrons. The summed E-state index contributed by atoms with van der Waals surface area (Å²) in [5, 5.41) is 3.25. The van der Waals surface area contributed by atoms with Crippen molar-refractivity contribution in [2.24, 2.45) is 5.92 Å². The summed E-state index contributed by atoms with van der Waals surface area (Å²) in [5.41, 5.74) is 0. The second kappa shape index (κ2) is 8.86. The highest BCUT2D eigenvalue weighted by molar-refractivity contribution is 7.89. The zero-order valence-electron chi connectivity index (χ0n) is 12.0. The van der Waals surface area contributed by atoms with E-state index in [4.69, 9.17) is 4.74 Å². The number of ether oxygens (including phenoxy) is 1. The highest BCUT2D eigenvalue weighted by atomic mass is 32.2. The Kier molecular flexibility index (Phi) is 7.86. The number of sulfonamides is 1. The van der Waals surface area contributed by atoms with Crippen LogP contribution in [0.1, 0.15) is 13.8 Å². The van der Waals surface area contributed by atoms with Crippen LogP contribution in [-0.4, -0.2) is 71.6 Å². The van der Waals surface area contributed by atoms with Gasteiger partial charge in [0, 0.05) is 45.9 Å². The van der Waals surface area contributed by atoms with Crippen LogP contribution in [0.15, 0.2) is 0 Å². The van der Waals surface area contributed by atoms with E-state index < -0.39 is 10.0 Å². The zero-order valence-corrected chi connectivity index (χ0v) is 12.8. The van der Waals surface area contributed by atoms with Gasteiger partial charge in [0.25, 0.3) is 0 Å². The van der Waals surface area contributed by atoms with Crippen molar-refractivity contribution < 1.29 is 13.2 Å². The van der Waals surface area contributed by atoms with Crippen molar-refractivity contribution in [3.05, 3.63) is 0 Å². The maximum atomic E-state index is 11.8. The topological polar surface area (TPSA) is 70.7 Å². The molecule has 7 heteroatoms. The summed E-state index contributed by atoms with van der Waals surface area (Å²) in [7, 11) is -3.17. The van der Waals surface area contributed by atoms with E-state index in [0.717, 1.165) is 26.2 Å². The Hall–Kier alpha value is -0.210. The Bertz CT molecular complexity index is 327. The molecule has 0 spiro atoms. The SMILES string of the molecule is CC(C)COCCNS(=O)(=O)CCN1CCNCC1. The Labute approximate surface area is 116 Å². The Morgan fingerprint density at radius 3 is 2.63 bits per heavy atom. The fourth-order valence-corrected chi connectivity index (χ4v) is 2.88. The minimum atomic E-state index is -3.17. The second-order valence-corrected chi connectivity index (χ2v) is 7.20. The summed E-state index contributed by atoms with van der Waals surface area (Å²) in [4.78, 5) is 2.17. The number of piperazine rings is 1. The first-order chi connectivity index (χ1) is 8.99. The van der Waals surface area contributed by atoms with Crippen molar-refractivity contribution >= 4 is 10.0 Å². The minimum Gasteiger partial charge on any atom is -0.380 e. The summed E-state index contributed by atoms with van der Waals surface area (Å²) in [6, 6.07) is 0. The lowest BCUT2D eigenvalue weighted by atomic mass is 10.2. The molecule has 6 nitrogen and oxygen atoms in total. The van der Waals surface area contributed by atoms with E-state index in [1.807, 2.05) is 0 Å². The first kappa shape index (κ1) is 16.8. The number of hydrogen-bond donors (Lipinski definition) is 2. The molecule has 2 N–H and O–H groups in total. The molecule has 1 aliphatic heterocycles. The predicted octanol–water partition coefficient (Wildman–Crippen LogP) is -0.516. The summed E-state index contributed by atoms with van der Waals surface area (Å²) < 4.78 is 31.4. The smallest absolute Gasteiger partial charge is 0.212 e. The van der Waals surface area contributed by atoms with Crippen LogP contribution >= 0.6 is 0 Å². The molecule has 0 aromatic heterocycles. The van der Waals surface area contributed by atoms with Gasteiger partial charge in [-0.1, -0.05) is 13.8 Å². The fourth-order valence-electron chi connectivity index (χ4n) is 1.84. The highest BCUT2D eigenvalue weighted by Crippen LogP contribution is 1.95. The molecule has 19 heavy (non-hydrogen) atoms. The van der Waals surface area contributed by atoms with Gasteiger partial charge in [0.05, 0.1) is 12.4 Å². The van der Waals surface area contributed by atoms with Crippen LogP contribution < -0.4 is 10.0 Å². The van der Waals surface area contributed by atoms with Crippen LogP contribution in [0.3, 0.4) is 0 Å². The maximum absolute atomic E-state index is 11.8. The molecule has 0 amide bonds. The van der Waals surface area contributed by atoms with Gasteiger partial charge in [-0.05, 0) is 5.92 Å². The number of nitrogens with one attached hydrogen (secondary N) is 2. The van der Waals surface area contributed by atoms with Crippen LogP contribution in [0.5, 0.6) is 0 Å². The molecule has 1 saturated heterocycles. The van der Waals surface area contributed by atoms with Gasteiger partial charge in [0.2, 0.25) is 10.0 Å². The standard InChI is InChI=1S/C12H27N3O3S/c1-12(2)11-18-9-5-14-19(16,17)10-8-15-6-3-13-4-7-15/h12-14H,3-11H2,1-2H3. The van der Waals surface area contributed by atoms with Crippen molar-refractivity contribution in [3.8, 4) is 0 Å². The van der Waals surface area contributed by atoms with Crippen LogP contribution in [-0.2, 0) is 14.8 Å². The minimum absolute atomic E-state index is 0.164. The molecule has 0 unspecified atom stereocenters. The third-order valence-corrected chi connectivity index (χ3v) is 4.27. The average molecular weight is 293 g/mol. The van der Waals surface area contributed by atoms with E-state index in [1.54, 1.807) is 0 Å². The van der Waals surface area contributed by atoms with E-state index in [0.29, 0.717) is 32.2 Å². The third-order valence-electron chi connectivity index (χ3n) is 2.91. The van der Waals surface area contributed by atoms with Gasteiger partial charge in [-0.25, -0.2) is 13.1 Å². The molecule has 0 aromatic rings. The lowest BCUT2D eigenvalue weighted by molar-refractivity contribution is 0.114. The summed E-state index contributed by atoms with van der Waals surface area (Å²) in [6.45, 7) is 9.93. The normalized spacial score (nSPS) is 18.1. The molecule has 1 fully saturated rings. The van der Waals surface area contributed by atoms with Crippen LogP contribution in [0.25, 0.3) is 0 Å². The zero-order chi connectivity index (χ0) is 14.1. The summed E-state index contributed by atoms with van der Waals surface area (Å²) in [5.74, 6) is 0.640. The fraction of sp³-hybridized carbons (Fsp3) is 1.00. The van der Waals surface area contributed by atoms with Crippen LogP contribution in [0, 0.1) is 5.92 Å². The Morgan fingerprint density at radius 1 is 1.32 bits per heavy atom. The average Bonchev–Trinajstić information content (AvgIpc) is 2.37. The molecular weight excluding hydrogens is 266 g/mol. The Morgan fingerprint density at radius 2 is 2.00 bits per heavy atom. The van der Waals surface area contributed by atoms with Gasteiger partial charge in [0.1, 0.15) is 0 Å². The van der Waals surface area contributed by atoms with Crippen LogP contribution in [0.4, 0.5) is 0 Å². The molecule has 1 heterocycles. The lowest BCUT2D eigenvalue weighted by Crippen LogP contribution is -2.46. The number of nitrogens with zero attached hydrogens (tertiary/aromatic N) is 1. The predicted molar refractivity (Wildman–Crippen MR) is 76.8 cm³/mol. The largest absolute Gasteiger partial charge is 0.380 e. The molecule has 1 rings (SSSR count). The molecular formula is C12H27N3O3S. The number of hydrogen-bond acceptors (Lipinski definition) is 5. The van der Waals surface area contributed by atoms with Crippen molar-refractivity contribution in [3.63, 3.8) is 0 Å². The van der Waals surface area contributed by atoms with E-state index in [9.17, 15) is 8.42 Å². The van der Waals surface area contributed by atoms with E-state index in [2.05, 4.69) is 28.8 Å². The Balaban J connectivity index is 2.09. The number of rotatable bonds is 9. The van der Waals surface area contributed by atoms with E-state index >= 15 is 0 Å². The van der Waals surface area contributed by atoms with Gasteiger partial charge in [-0.2, -0.15) is 0 Å².